The zero-order chi connectivity index (χ0) is 94.7. The second-order valence-corrected chi connectivity index (χ2v) is 35.6. The van der Waals surface area contributed by atoms with Crippen molar-refractivity contribution in [3.63, 3.8) is 0 Å². The standard InChI is InChI=1S/2C62H38FN4.C5H8O2.Ir/c2*63-45-29-27-40(28-30-45)58-39-64-59-54-33-31-48(66(46-19-3-1-4-20-46)61-50-23-11-7-15-41(50)35-42-16-8-12-24-51(42)61)37-56(54)57-38-49(32-34-55(57)60(59)65-58)67(47-21-5-2-6-22-47)62-52-25-13-9-17-43(52)36-44-18-10-14-26-53(44)62;1-4(6)3-5(2)7;/h2*1-32,34-39H;3H2,1-2H3;/q2*-1;;+3. The molecule has 0 radical (unpaired) electrons. The molecule has 2 heterocycles. The maximum atomic E-state index is 14.2. The quantitative estimate of drug-likeness (QED) is 0.0402. The molecule has 0 N–H and O–H groups in total. The largest absolute Gasteiger partial charge is 3.00 e. The number of halogens is 2. The SMILES string of the molecule is CC(=O)CC(C)=O.Fc1ccc(-c2cnc3c4[c-]cc(N(c5ccccc5)c5c6ccccc6cc6ccccc56)cc4c4cc(N(c5ccccc5)c5c6ccccc6cc6ccccc56)ccc4c3n2)cc1.Fc1ccc(-c2cnc3c4[c-]cc(N(c5ccccc5)c5c6ccccc6cc6ccccc56)cc4c4cc(N(c5ccccc5)c5c6ccccc6cc6ccccc56)ccc4c3n2)cc1.[Ir+3]. The van der Waals surface area contributed by atoms with E-state index in [1.807, 2.05) is 0 Å². The molecular weight excluding hydrogens is 1920 g/mol. The van der Waals surface area contributed by atoms with E-state index in [9.17, 15) is 18.4 Å². The van der Waals surface area contributed by atoms with Gasteiger partial charge in [0.05, 0.1) is 51.6 Å². The zero-order valence-corrected chi connectivity index (χ0v) is 79.5. The predicted molar refractivity (Wildman–Crippen MR) is 582 cm³/mol. The average Bonchev–Trinajstić information content (AvgIpc) is 0.720. The van der Waals surface area contributed by atoms with Gasteiger partial charge < -0.3 is 29.6 Å². The van der Waals surface area contributed by atoms with Crippen molar-refractivity contribution in [2.75, 3.05) is 19.6 Å². The minimum atomic E-state index is -0.296. The maximum absolute atomic E-state index is 14.2. The van der Waals surface area contributed by atoms with E-state index in [4.69, 9.17) is 19.9 Å². The van der Waals surface area contributed by atoms with Gasteiger partial charge in [-0.1, -0.05) is 290 Å². The van der Waals surface area contributed by atoms with Crippen molar-refractivity contribution in [3.05, 3.63) is 485 Å². The second-order valence-electron chi connectivity index (χ2n) is 35.6. The molecule has 26 rings (SSSR count). The van der Waals surface area contributed by atoms with Crippen LogP contribution in [0, 0.1) is 23.8 Å². The Morgan fingerprint density at radius 3 is 0.732 bits per heavy atom. The normalized spacial score (nSPS) is 11.4. The van der Waals surface area contributed by atoms with Gasteiger partial charge in [-0.15, -0.1) is 47.2 Å². The molecule has 0 unspecified atom stereocenters. The molecule has 13 heteroatoms. The molecule has 0 aliphatic heterocycles. The van der Waals surface area contributed by atoms with E-state index >= 15 is 0 Å². The molecule has 0 saturated carbocycles. The van der Waals surface area contributed by atoms with Crippen molar-refractivity contribution < 1.29 is 38.5 Å². The Hall–Kier alpha value is -17.9. The summed E-state index contributed by atoms with van der Waals surface area (Å²) >= 11 is 0. The summed E-state index contributed by atoms with van der Waals surface area (Å²) in [5.74, 6) is -0.718. The van der Waals surface area contributed by atoms with Crippen molar-refractivity contribution in [3.8, 4) is 22.5 Å². The average molecular weight is 2010 g/mol. The number of Topliss-reactive ketones (excluding diaryl/α,β-unsaturated/α-hetero) is 2. The molecule has 26 aromatic rings. The summed E-state index contributed by atoms with van der Waals surface area (Å²) < 4.78 is 28.3. The van der Waals surface area contributed by atoms with Crippen LogP contribution in [0.2, 0.25) is 0 Å². The number of benzene rings is 24. The van der Waals surface area contributed by atoms with Crippen LogP contribution in [-0.2, 0) is 29.7 Å². The van der Waals surface area contributed by atoms with E-state index in [-0.39, 0.29) is 49.7 Å². The summed E-state index contributed by atoms with van der Waals surface area (Å²) in [6.07, 6.45) is 3.66. The third kappa shape index (κ3) is 16.2. The fourth-order valence-electron chi connectivity index (χ4n) is 20.5. The molecular formula is C129H84F2IrN8O2+. The van der Waals surface area contributed by atoms with E-state index in [2.05, 4.69) is 432 Å². The first kappa shape index (κ1) is 88.1. The summed E-state index contributed by atoms with van der Waals surface area (Å²) in [7, 11) is 0. The monoisotopic (exact) mass is 2010 g/mol. The van der Waals surface area contributed by atoms with Crippen LogP contribution in [0.4, 0.5) is 77.0 Å². The zero-order valence-electron chi connectivity index (χ0n) is 77.1. The second kappa shape index (κ2) is 37.6. The van der Waals surface area contributed by atoms with Crippen molar-refractivity contribution >= 4 is 231 Å². The first-order valence-electron chi connectivity index (χ1n) is 47.1. The number of fused-ring (bicyclic) bond motifs is 20. The van der Waals surface area contributed by atoms with Crippen LogP contribution in [0.3, 0.4) is 0 Å². The Labute approximate surface area is 830 Å². The molecule has 674 valence electrons. The summed E-state index contributed by atoms with van der Waals surface area (Å²) in [6.45, 7) is 2.81. The van der Waals surface area contributed by atoms with E-state index in [0.717, 1.165) is 209 Å². The first-order valence-corrected chi connectivity index (χ1v) is 47.1. The number of anilines is 12. The maximum Gasteiger partial charge on any atom is 3.00 e. The Balaban J connectivity index is 0.000000147. The Kier molecular flexibility index (Phi) is 23.3. The molecule has 142 heavy (non-hydrogen) atoms. The molecule has 0 fully saturated rings. The molecule has 24 aromatic carbocycles. The summed E-state index contributed by atoms with van der Waals surface area (Å²) in [6, 6.07) is 163. The third-order valence-electron chi connectivity index (χ3n) is 26.7. The van der Waals surface area contributed by atoms with Gasteiger partial charge in [-0.05, 0) is 235 Å². The minimum absolute atomic E-state index is 0. The molecule has 0 amide bonds. The van der Waals surface area contributed by atoms with E-state index < -0.39 is 0 Å². The number of para-hydroxylation sites is 4. The van der Waals surface area contributed by atoms with E-state index in [0.29, 0.717) is 11.4 Å². The van der Waals surface area contributed by atoms with Crippen LogP contribution in [0.25, 0.3) is 174 Å². The Morgan fingerprint density at radius 2 is 0.479 bits per heavy atom. The van der Waals surface area contributed by atoms with Gasteiger partial charge in [0.15, 0.2) is 0 Å². The predicted octanol–water partition coefficient (Wildman–Crippen LogP) is 34.7. The van der Waals surface area contributed by atoms with Crippen LogP contribution < -0.4 is 19.6 Å². The van der Waals surface area contributed by atoms with Gasteiger partial charge in [0.2, 0.25) is 0 Å². The molecule has 0 spiro atoms. The van der Waals surface area contributed by atoms with Crippen molar-refractivity contribution in [2.45, 2.75) is 20.3 Å². The first-order chi connectivity index (χ1) is 69.4. The van der Waals surface area contributed by atoms with E-state index in [1.54, 1.807) is 36.7 Å². The van der Waals surface area contributed by atoms with Gasteiger partial charge >= 0.3 is 20.1 Å². The van der Waals surface area contributed by atoms with Gasteiger partial charge in [-0.2, -0.15) is 0 Å². The van der Waals surface area contributed by atoms with E-state index in [1.165, 1.54) is 59.7 Å². The van der Waals surface area contributed by atoms with Gasteiger partial charge in [0, 0.05) is 112 Å². The number of carbonyl (C=O) groups is 2. The van der Waals surface area contributed by atoms with Crippen LogP contribution in [0.5, 0.6) is 0 Å². The molecule has 0 aliphatic carbocycles. The molecule has 10 nitrogen and oxygen atoms in total. The number of aromatic nitrogens is 4. The Bertz CT molecular complexity index is 8720. The molecule has 0 bridgehead atoms. The fourth-order valence-corrected chi connectivity index (χ4v) is 20.5. The third-order valence-corrected chi connectivity index (χ3v) is 26.7. The number of nitrogens with zero attached hydrogens (tertiary/aromatic N) is 8. The summed E-state index contributed by atoms with van der Waals surface area (Å²) in [4.78, 5) is 50.5. The van der Waals surface area contributed by atoms with Crippen molar-refractivity contribution in [1.29, 1.82) is 0 Å². The number of rotatable bonds is 16. The smallest absolute Gasteiger partial charge is 0.351 e. The molecule has 2 aromatic heterocycles. The van der Waals surface area contributed by atoms with Gasteiger partial charge in [-0.25, -0.2) is 8.78 Å². The number of hydrogen-bond donors (Lipinski definition) is 0. The van der Waals surface area contributed by atoms with Gasteiger partial charge in [0.1, 0.15) is 23.2 Å². The molecule has 0 saturated heterocycles. The Morgan fingerprint density at radius 1 is 0.239 bits per heavy atom. The summed E-state index contributed by atoms with van der Waals surface area (Å²) in [5, 5.41) is 26.1. The topological polar surface area (TPSA) is 98.7 Å². The van der Waals surface area contributed by atoms with Crippen LogP contribution >= 0.6 is 0 Å². The molecule has 0 aliphatic rings. The minimum Gasteiger partial charge on any atom is -0.351 e. The van der Waals surface area contributed by atoms with Crippen molar-refractivity contribution in [2.24, 2.45) is 0 Å². The number of hydrogen-bond acceptors (Lipinski definition) is 10. The van der Waals surface area contributed by atoms with Crippen molar-refractivity contribution in [1.82, 2.24) is 19.9 Å². The fraction of sp³-hybridized carbons (Fsp3) is 0.0233. The molecule has 0 atom stereocenters. The van der Waals surface area contributed by atoms with Gasteiger partial charge in [-0.3, -0.25) is 19.6 Å². The number of ketones is 2. The van der Waals surface area contributed by atoms with Gasteiger partial charge in [0.25, 0.3) is 0 Å². The van der Waals surface area contributed by atoms with Crippen LogP contribution in [0.15, 0.2) is 461 Å². The van der Waals surface area contributed by atoms with Crippen LogP contribution in [0.1, 0.15) is 20.3 Å². The number of carbonyl (C=O) groups excluding carboxylic acids is 2. The van der Waals surface area contributed by atoms with Crippen LogP contribution in [-0.4, -0.2) is 31.5 Å². The summed E-state index contributed by atoms with van der Waals surface area (Å²) in [5.41, 5.74) is 18.4.